The fraction of sp³-hybridized carbons (Fsp3) is 0.185. The number of nitrogens with zero attached hydrogens (tertiary/aromatic N) is 1. The van der Waals surface area contributed by atoms with Crippen molar-refractivity contribution in [3.05, 3.63) is 81.9 Å². The van der Waals surface area contributed by atoms with E-state index in [4.69, 9.17) is 26.1 Å². The zero-order chi connectivity index (χ0) is 23.7. The highest BCUT2D eigenvalue weighted by atomic mass is 35.5. The van der Waals surface area contributed by atoms with Crippen molar-refractivity contribution in [2.24, 2.45) is 0 Å². The number of fused-ring (bicyclic) bond motifs is 1. The van der Waals surface area contributed by atoms with E-state index in [0.717, 1.165) is 44.6 Å². The minimum Gasteiger partial charge on any atom is -0.497 e. The van der Waals surface area contributed by atoms with Gasteiger partial charge in [0, 0.05) is 16.0 Å². The number of hydrogen-bond acceptors (Lipinski definition) is 4. The molecular formula is C27H25ClN2O3. The molecule has 0 aliphatic rings. The second-order valence-electron chi connectivity index (χ2n) is 7.97. The van der Waals surface area contributed by atoms with Crippen molar-refractivity contribution >= 4 is 34.1 Å². The van der Waals surface area contributed by atoms with Crippen LogP contribution in [0.1, 0.15) is 27.0 Å². The van der Waals surface area contributed by atoms with E-state index >= 15 is 0 Å². The third-order valence-corrected chi connectivity index (χ3v) is 5.90. The Balaban J connectivity index is 1.93. The van der Waals surface area contributed by atoms with E-state index in [0.29, 0.717) is 22.0 Å². The highest BCUT2D eigenvalue weighted by Crippen LogP contribution is 2.34. The van der Waals surface area contributed by atoms with Crippen molar-refractivity contribution < 1.29 is 14.3 Å². The zero-order valence-electron chi connectivity index (χ0n) is 19.2. The van der Waals surface area contributed by atoms with Gasteiger partial charge in [-0.05, 0) is 80.4 Å². The maximum absolute atomic E-state index is 13.7. The van der Waals surface area contributed by atoms with E-state index in [1.165, 1.54) is 0 Å². The molecule has 4 aromatic rings. The molecule has 0 saturated heterocycles. The molecule has 0 fully saturated rings. The lowest BCUT2D eigenvalue weighted by atomic mass is 9.94. The van der Waals surface area contributed by atoms with Gasteiger partial charge in [-0.25, -0.2) is 4.98 Å². The van der Waals surface area contributed by atoms with Gasteiger partial charge >= 0.3 is 0 Å². The standard InChI is InChI=1S/C27H25ClN2O3/c1-15-12-16(2)25-21(13-15)24(27(31)29-22-14-19(28)8-11-23(22)33-5)17(3)26(30-25)18-6-9-20(32-4)10-7-18/h6-14H,1-5H3,(H,29,31). The fourth-order valence-corrected chi connectivity index (χ4v) is 4.27. The highest BCUT2D eigenvalue weighted by molar-refractivity contribution is 6.31. The Labute approximate surface area is 198 Å². The first-order chi connectivity index (χ1) is 15.8. The number of pyridine rings is 1. The third kappa shape index (κ3) is 4.37. The molecule has 1 N–H and O–H groups in total. The summed E-state index contributed by atoms with van der Waals surface area (Å²) in [6.45, 7) is 5.95. The molecule has 5 nitrogen and oxygen atoms in total. The molecule has 3 aromatic carbocycles. The lowest BCUT2D eigenvalue weighted by molar-refractivity contribution is 0.102. The number of methoxy groups -OCH3 is 2. The minimum atomic E-state index is -0.250. The summed E-state index contributed by atoms with van der Waals surface area (Å²) < 4.78 is 10.7. The number of carbonyl (C=O) groups is 1. The van der Waals surface area contributed by atoms with Crippen molar-refractivity contribution in [3.63, 3.8) is 0 Å². The average molecular weight is 461 g/mol. The Kier molecular flexibility index (Phi) is 6.25. The van der Waals surface area contributed by atoms with Gasteiger partial charge in [-0.15, -0.1) is 0 Å². The molecule has 1 heterocycles. The number of ether oxygens (including phenoxy) is 2. The van der Waals surface area contributed by atoms with Gasteiger partial charge in [-0.1, -0.05) is 23.2 Å². The van der Waals surface area contributed by atoms with Crippen LogP contribution < -0.4 is 14.8 Å². The molecule has 0 aliphatic carbocycles. The Bertz CT molecular complexity index is 1360. The number of nitrogens with one attached hydrogen (secondary N) is 1. The summed E-state index contributed by atoms with van der Waals surface area (Å²) in [5, 5.41) is 4.30. The van der Waals surface area contributed by atoms with Crippen LogP contribution in [0.4, 0.5) is 5.69 Å². The second-order valence-corrected chi connectivity index (χ2v) is 8.40. The largest absolute Gasteiger partial charge is 0.497 e. The van der Waals surface area contributed by atoms with Gasteiger partial charge in [0.05, 0.1) is 36.7 Å². The summed E-state index contributed by atoms with van der Waals surface area (Å²) >= 11 is 6.17. The van der Waals surface area contributed by atoms with Gasteiger partial charge in [0.15, 0.2) is 0 Å². The normalized spacial score (nSPS) is 10.8. The summed E-state index contributed by atoms with van der Waals surface area (Å²) in [5.74, 6) is 1.04. The van der Waals surface area contributed by atoms with Crippen molar-refractivity contribution in [2.75, 3.05) is 19.5 Å². The van der Waals surface area contributed by atoms with Crippen LogP contribution >= 0.6 is 11.6 Å². The SMILES string of the molecule is COc1ccc(-c2nc3c(C)cc(C)cc3c(C(=O)Nc3cc(Cl)ccc3OC)c2C)cc1. The second kappa shape index (κ2) is 9.12. The number of hydrogen-bond donors (Lipinski definition) is 1. The molecule has 1 aromatic heterocycles. The molecule has 0 radical (unpaired) electrons. The molecule has 0 bridgehead atoms. The predicted octanol–water partition coefficient (Wildman–Crippen LogP) is 6.75. The number of amides is 1. The first-order valence-electron chi connectivity index (χ1n) is 10.5. The van der Waals surface area contributed by atoms with Crippen LogP contribution in [0.25, 0.3) is 22.2 Å². The van der Waals surface area contributed by atoms with Crippen molar-refractivity contribution in [1.29, 1.82) is 0 Å². The zero-order valence-corrected chi connectivity index (χ0v) is 20.0. The van der Waals surface area contributed by atoms with Crippen LogP contribution in [0.2, 0.25) is 5.02 Å². The van der Waals surface area contributed by atoms with Gasteiger partial charge in [0.2, 0.25) is 0 Å². The molecule has 0 aliphatic heterocycles. The summed E-state index contributed by atoms with van der Waals surface area (Å²) in [6.07, 6.45) is 0. The lowest BCUT2D eigenvalue weighted by Gasteiger charge is -2.17. The third-order valence-electron chi connectivity index (χ3n) is 5.67. The summed E-state index contributed by atoms with van der Waals surface area (Å²) in [7, 11) is 3.19. The smallest absolute Gasteiger partial charge is 0.256 e. The quantitative estimate of drug-likeness (QED) is 0.358. The van der Waals surface area contributed by atoms with Gasteiger partial charge < -0.3 is 14.8 Å². The Hall–Kier alpha value is -3.57. The van der Waals surface area contributed by atoms with Crippen LogP contribution in [0.15, 0.2) is 54.6 Å². The molecule has 6 heteroatoms. The Morgan fingerprint density at radius 1 is 0.939 bits per heavy atom. The predicted molar refractivity (Wildman–Crippen MR) is 134 cm³/mol. The van der Waals surface area contributed by atoms with Gasteiger partial charge in [0.25, 0.3) is 5.91 Å². The number of anilines is 1. The number of halogens is 1. The minimum absolute atomic E-state index is 0.250. The van der Waals surface area contributed by atoms with E-state index in [-0.39, 0.29) is 5.91 Å². The molecule has 0 spiro atoms. The Morgan fingerprint density at radius 2 is 1.67 bits per heavy atom. The molecule has 0 unspecified atom stereocenters. The number of aryl methyl sites for hydroxylation is 2. The van der Waals surface area contributed by atoms with Crippen LogP contribution in [0.3, 0.4) is 0 Å². The van der Waals surface area contributed by atoms with Gasteiger partial charge in [-0.2, -0.15) is 0 Å². The van der Waals surface area contributed by atoms with Crippen LogP contribution in [-0.4, -0.2) is 25.1 Å². The highest BCUT2D eigenvalue weighted by Gasteiger charge is 2.21. The lowest BCUT2D eigenvalue weighted by Crippen LogP contribution is -2.16. The topological polar surface area (TPSA) is 60.5 Å². The number of aromatic nitrogens is 1. The van der Waals surface area contributed by atoms with E-state index in [1.807, 2.05) is 51.1 Å². The van der Waals surface area contributed by atoms with Crippen molar-refractivity contribution in [1.82, 2.24) is 4.98 Å². The van der Waals surface area contributed by atoms with Crippen LogP contribution in [0, 0.1) is 20.8 Å². The maximum atomic E-state index is 13.7. The van der Waals surface area contributed by atoms with Crippen molar-refractivity contribution in [3.8, 4) is 22.8 Å². The molecule has 0 saturated carbocycles. The number of benzene rings is 3. The van der Waals surface area contributed by atoms with Crippen molar-refractivity contribution in [2.45, 2.75) is 20.8 Å². The van der Waals surface area contributed by atoms with E-state index < -0.39 is 0 Å². The van der Waals surface area contributed by atoms with E-state index in [1.54, 1.807) is 32.4 Å². The number of rotatable bonds is 5. The number of carbonyl (C=O) groups excluding carboxylic acids is 1. The van der Waals surface area contributed by atoms with E-state index in [2.05, 4.69) is 11.4 Å². The van der Waals surface area contributed by atoms with E-state index in [9.17, 15) is 4.79 Å². The molecule has 33 heavy (non-hydrogen) atoms. The van der Waals surface area contributed by atoms with Gasteiger partial charge in [-0.3, -0.25) is 4.79 Å². The summed E-state index contributed by atoms with van der Waals surface area (Å²) in [5.41, 5.74) is 6.39. The Morgan fingerprint density at radius 3 is 2.33 bits per heavy atom. The monoisotopic (exact) mass is 460 g/mol. The summed E-state index contributed by atoms with van der Waals surface area (Å²) in [4.78, 5) is 18.6. The summed E-state index contributed by atoms with van der Waals surface area (Å²) in [6, 6.07) is 16.9. The average Bonchev–Trinajstić information content (AvgIpc) is 2.79. The van der Waals surface area contributed by atoms with Crippen LogP contribution in [0.5, 0.6) is 11.5 Å². The molecule has 168 valence electrons. The fourth-order valence-electron chi connectivity index (χ4n) is 4.10. The maximum Gasteiger partial charge on any atom is 0.256 e. The molecule has 1 amide bonds. The molecule has 0 atom stereocenters. The first-order valence-corrected chi connectivity index (χ1v) is 10.9. The van der Waals surface area contributed by atoms with Crippen LogP contribution in [-0.2, 0) is 0 Å². The first kappa shape index (κ1) is 22.6. The van der Waals surface area contributed by atoms with Gasteiger partial charge in [0.1, 0.15) is 11.5 Å². The molecule has 4 rings (SSSR count). The molecular weight excluding hydrogens is 436 g/mol.